The van der Waals surface area contributed by atoms with Crippen LogP contribution in [0.2, 0.25) is 0 Å². The van der Waals surface area contributed by atoms with Crippen LogP contribution in [0.5, 0.6) is 0 Å². The minimum Gasteiger partial charge on any atom is -0.448 e. The van der Waals surface area contributed by atoms with E-state index < -0.39 is 6.09 Å². The van der Waals surface area contributed by atoms with Crippen LogP contribution in [-0.2, 0) is 4.74 Å². The summed E-state index contributed by atoms with van der Waals surface area (Å²) in [5, 5.41) is 9.83. The van der Waals surface area contributed by atoms with E-state index in [1.165, 1.54) is 6.33 Å². The van der Waals surface area contributed by atoms with Gasteiger partial charge in [-0.05, 0) is 17.4 Å². The number of rotatable bonds is 1. The summed E-state index contributed by atoms with van der Waals surface area (Å²) < 4.78 is 5.49. The van der Waals surface area contributed by atoms with Crippen molar-refractivity contribution in [2.45, 2.75) is 6.92 Å². The normalized spacial score (nSPS) is 9.30. The highest BCUT2D eigenvalue weighted by molar-refractivity contribution is 5.68. The highest BCUT2D eigenvalue weighted by Gasteiger charge is 2.03. The zero-order valence-corrected chi connectivity index (χ0v) is 5.39. The number of nitrogens with zero attached hydrogens (tertiary/aromatic N) is 4. The van der Waals surface area contributed by atoms with Crippen LogP contribution in [0, 0.1) is 0 Å². The summed E-state index contributed by atoms with van der Waals surface area (Å²) in [6, 6.07) is 0. The highest BCUT2D eigenvalue weighted by atomic mass is 16.6. The molecule has 1 rings (SSSR count). The Morgan fingerprint density at radius 2 is 2.60 bits per heavy atom. The van der Waals surface area contributed by atoms with Crippen LogP contribution in [-0.4, -0.2) is 32.9 Å². The predicted octanol–water partition coefficient (Wildman–Crippen LogP) is -0.322. The highest BCUT2D eigenvalue weighted by Crippen LogP contribution is 1.82. The largest absolute Gasteiger partial charge is 0.448 e. The van der Waals surface area contributed by atoms with E-state index in [0.717, 1.165) is 4.68 Å². The fraction of sp³-hybridized carbons (Fsp3) is 0.500. The van der Waals surface area contributed by atoms with E-state index >= 15 is 0 Å². The average molecular weight is 142 g/mol. The minimum absolute atomic E-state index is 0.318. The lowest BCUT2D eigenvalue weighted by Gasteiger charge is -1.96. The van der Waals surface area contributed by atoms with Gasteiger partial charge in [0.05, 0.1) is 6.61 Å². The first-order valence-electron chi connectivity index (χ1n) is 2.74. The first-order valence-corrected chi connectivity index (χ1v) is 2.74. The molecule has 10 heavy (non-hydrogen) atoms. The Balaban J connectivity index is 2.59. The summed E-state index contributed by atoms with van der Waals surface area (Å²) in [4.78, 5) is 10.7. The summed E-state index contributed by atoms with van der Waals surface area (Å²) in [7, 11) is 0. The molecule has 0 aliphatic carbocycles. The minimum atomic E-state index is -0.562. The molecule has 0 fully saturated rings. The number of tetrazole rings is 1. The zero-order valence-electron chi connectivity index (χ0n) is 5.39. The molecule has 0 N–H and O–H groups in total. The maximum absolute atomic E-state index is 10.7. The molecule has 0 saturated carbocycles. The molecule has 0 radical (unpaired) electrons. The standard InChI is InChI=1S/C4H6N4O2/c1-2-10-4(9)8-3-5-6-7-8/h3H,2H2,1H3. The van der Waals surface area contributed by atoms with E-state index in [-0.39, 0.29) is 0 Å². The molecule has 0 saturated heterocycles. The molecule has 6 nitrogen and oxygen atoms in total. The summed E-state index contributed by atoms with van der Waals surface area (Å²) in [5.74, 6) is 0. The van der Waals surface area contributed by atoms with Crippen molar-refractivity contribution in [1.29, 1.82) is 0 Å². The van der Waals surface area contributed by atoms with Crippen LogP contribution in [0.15, 0.2) is 6.33 Å². The lowest BCUT2D eigenvalue weighted by Crippen LogP contribution is -2.13. The topological polar surface area (TPSA) is 69.9 Å². The third-order valence-electron chi connectivity index (χ3n) is 0.804. The van der Waals surface area contributed by atoms with Gasteiger partial charge in [-0.2, -0.15) is 0 Å². The number of hydrogen-bond donors (Lipinski definition) is 0. The van der Waals surface area contributed by atoms with Gasteiger partial charge in [0.1, 0.15) is 0 Å². The number of ether oxygens (including phenoxy) is 1. The molecule has 1 heterocycles. The van der Waals surface area contributed by atoms with Crippen LogP contribution >= 0.6 is 0 Å². The van der Waals surface area contributed by atoms with Gasteiger partial charge < -0.3 is 4.74 Å². The van der Waals surface area contributed by atoms with E-state index in [4.69, 9.17) is 0 Å². The molecule has 0 atom stereocenters. The Kier molecular flexibility index (Phi) is 1.93. The lowest BCUT2D eigenvalue weighted by atomic mass is 10.9. The van der Waals surface area contributed by atoms with Gasteiger partial charge >= 0.3 is 6.09 Å². The Morgan fingerprint density at radius 3 is 3.10 bits per heavy atom. The van der Waals surface area contributed by atoms with Gasteiger partial charge in [-0.15, -0.1) is 9.78 Å². The maximum atomic E-state index is 10.7. The Morgan fingerprint density at radius 1 is 1.80 bits per heavy atom. The second kappa shape index (κ2) is 2.90. The predicted molar refractivity (Wildman–Crippen MR) is 30.2 cm³/mol. The van der Waals surface area contributed by atoms with Gasteiger partial charge in [0.2, 0.25) is 0 Å². The van der Waals surface area contributed by atoms with Gasteiger partial charge in [0.15, 0.2) is 6.33 Å². The number of carbonyl (C=O) groups excluding carboxylic acids is 1. The van der Waals surface area contributed by atoms with Crippen LogP contribution < -0.4 is 0 Å². The first-order chi connectivity index (χ1) is 4.84. The fourth-order valence-corrected chi connectivity index (χ4v) is 0.435. The summed E-state index contributed by atoms with van der Waals surface area (Å²) in [6.07, 6.45) is 0.616. The van der Waals surface area contributed by atoms with Gasteiger partial charge in [0, 0.05) is 0 Å². The second-order valence-electron chi connectivity index (χ2n) is 1.45. The van der Waals surface area contributed by atoms with Crippen molar-refractivity contribution in [3.05, 3.63) is 6.33 Å². The molecular weight excluding hydrogens is 136 g/mol. The number of aromatic nitrogens is 4. The fourth-order valence-electron chi connectivity index (χ4n) is 0.435. The molecule has 54 valence electrons. The van der Waals surface area contributed by atoms with Crippen molar-refractivity contribution in [2.24, 2.45) is 0 Å². The van der Waals surface area contributed by atoms with Crippen molar-refractivity contribution in [3.8, 4) is 0 Å². The van der Waals surface area contributed by atoms with E-state index in [0.29, 0.717) is 6.61 Å². The first kappa shape index (κ1) is 6.66. The van der Waals surface area contributed by atoms with Gasteiger partial charge in [-0.1, -0.05) is 0 Å². The third kappa shape index (κ3) is 1.28. The Bertz CT molecular complexity index is 207. The molecule has 0 amide bonds. The Labute approximate surface area is 56.8 Å². The zero-order chi connectivity index (χ0) is 7.40. The van der Waals surface area contributed by atoms with Crippen LogP contribution in [0.4, 0.5) is 4.79 Å². The number of carbonyl (C=O) groups is 1. The third-order valence-corrected chi connectivity index (χ3v) is 0.804. The van der Waals surface area contributed by atoms with E-state index in [1.807, 2.05) is 0 Å². The van der Waals surface area contributed by atoms with Crippen molar-refractivity contribution in [3.63, 3.8) is 0 Å². The summed E-state index contributed by atoms with van der Waals surface area (Å²) in [6.45, 7) is 2.03. The van der Waals surface area contributed by atoms with Gasteiger partial charge in [-0.25, -0.2) is 4.79 Å². The van der Waals surface area contributed by atoms with Crippen LogP contribution in [0.3, 0.4) is 0 Å². The molecule has 0 bridgehead atoms. The molecule has 0 unspecified atom stereocenters. The van der Waals surface area contributed by atoms with Gasteiger partial charge in [-0.3, -0.25) is 0 Å². The molecule has 1 aromatic rings. The van der Waals surface area contributed by atoms with Crippen molar-refractivity contribution >= 4 is 6.09 Å². The van der Waals surface area contributed by atoms with Gasteiger partial charge in [0.25, 0.3) is 0 Å². The van der Waals surface area contributed by atoms with E-state index in [1.54, 1.807) is 6.92 Å². The van der Waals surface area contributed by atoms with E-state index in [2.05, 4.69) is 20.3 Å². The Hall–Kier alpha value is -1.46. The van der Waals surface area contributed by atoms with Crippen LogP contribution in [0.25, 0.3) is 0 Å². The quantitative estimate of drug-likeness (QED) is 0.502. The van der Waals surface area contributed by atoms with Crippen molar-refractivity contribution in [1.82, 2.24) is 20.2 Å². The average Bonchev–Trinajstić information content (AvgIpc) is 2.38. The SMILES string of the molecule is CCOC(=O)n1cnnn1. The molecule has 1 aromatic heterocycles. The monoisotopic (exact) mass is 142 g/mol. The molecule has 0 aromatic carbocycles. The number of hydrogen-bond acceptors (Lipinski definition) is 5. The van der Waals surface area contributed by atoms with Crippen molar-refractivity contribution < 1.29 is 9.53 Å². The lowest BCUT2D eigenvalue weighted by molar-refractivity contribution is 0.150. The smallest absolute Gasteiger partial charge is 0.437 e. The van der Waals surface area contributed by atoms with E-state index in [9.17, 15) is 4.79 Å². The molecule has 0 aliphatic rings. The van der Waals surface area contributed by atoms with Crippen molar-refractivity contribution in [2.75, 3.05) is 6.61 Å². The molecule has 6 heteroatoms. The second-order valence-corrected chi connectivity index (χ2v) is 1.45. The maximum Gasteiger partial charge on any atom is 0.437 e. The molecule has 0 spiro atoms. The summed E-state index contributed by atoms with van der Waals surface area (Å²) >= 11 is 0. The summed E-state index contributed by atoms with van der Waals surface area (Å²) in [5.41, 5.74) is 0. The van der Waals surface area contributed by atoms with Crippen LogP contribution in [0.1, 0.15) is 6.92 Å². The molecule has 0 aliphatic heterocycles. The molecular formula is C4H6N4O2.